The molecule has 2 aromatic carbocycles. The van der Waals surface area contributed by atoms with Crippen molar-refractivity contribution in [3.63, 3.8) is 0 Å². The number of benzene rings is 2. The van der Waals surface area contributed by atoms with E-state index in [1.165, 1.54) is 6.07 Å². The van der Waals surface area contributed by atoms with Gasteiger partial charge in [0.1, 0.15) is 5.82 Å². The maximum Gasteiger partial charge on any atom is 0.340 e. The molecule has 0 aromatic heterocycles. The predicted molar refractivity (Wildman–Crippen MR) is 94.1 cm³/mol. The number of hydrogen-bond acceptors (Lipinski definition) is 4. The summed E-state index contributed by atoms with van der Waals surface area (Å²) in [6.45, 7) is 1.25. The highest BCUT2D eigenvalue weighted by molar-refractivity contribution is 6.42. The van der Waals surface area contributed by atoms with E-state index in [4.69, 9.17) is 33.7 Å². The molecule has 3 N–H and O–H groups in total. The normalized spacial score (nSPS) is 11.7. The summed E-state index contributed by atoms with van der Waals surface area (Å²) in [6.07, 6.45) is 0. The molecule has 0 bridgehead atoms. The monoisotopic (exact) mass is 384 g/mol. The van der Waals surface area contributed by atoms with Crippen molar-refractivity contribution in [2.75, 3.05) is 12.3 Å². The third-order valence-electron chi connectivity index (χ3n) is 3.39. The molecule has 1 unspecified atom stereocenters. The second-order valence-corrected chi connectivity index (χ2v) is 6.08. The Balaban J connectivity index is 1.91. The molecule has 0 radical (unpaired) electrons. The highest BCUT2D eigenvalue weighted by Crippen LogP contribution is 2.25. The highest BCUT2D eigenvalue weighted by Gasteiger charge is 2.16. The Morgan fingerprint density at radius 2 is 1.92 bits per heavy atom. The molecule has 0 fully saturated rings. The summed E-state index contributed by atoms with van der Waals surface area (Å²) in [7, 11) is 0. The standard InChI is InChI=1S/C17H15Cl2FN2O3/c1-9(10-2-5-13(18)14(19)6-10)22-16(23)8-25-17(24)12-4-3-11(20)7-15(12)21/h2-7,9H,8,21H2,1H3,(H,22,23). The first-order chi connectivity index (χ1) is 11.8. The quantitative estimate of drug-likeness (QED) is 0.607. The lowest BCUT2D eigenvalue weighted by atomic mass is 10.1. The number of ether oxygens (including phenoxy) is 1. The molecular weight excluding hydrogens is 370 g/mol. The van der Waals surface area contributed by atoms with E-state index >= 15 is 0 Å². The van der Waals surface area contributed by atoms with Crippen molar-refractivity contribution in [1.82, 2.24) is 5.32 Å². The lowest BCUT2D eigenvalue weighted by molar-refractivity contribution is -0.124. The highest BCUT2D eigenvalue weighted by atomic mass is 35.5. The third-order valence-corrected chi connectivity index (χ3v) is 4.13. The summed E-state index contributed by atoms with van der Waals surface area (Å²) >= 11 is 11.8. The van der Waals surface area contributed by atoms with Crippen LogP contribution in [0.15, 0.2) is 36.4 Å². The van der Waals surface area contributed by atoms with Crippen molar-refractivity contribution in [3.8, 4) is 0 Å². The van der Waals surface area contributed by atoms with Crippen LogP contribution in [0, 0.1) is 5.82 Å². The number of nitrogen functional groups attached to an aromatic ring is 1. The molecule has 2 rings (SSSR count). The SMILES string of the molecule is CC(NC(=O)COC(=O)c1ccc(F)cc1N)c1ccc(Cl)c(Cl)c1. The molecular formula is C17H15Cl2FN2O3. The molecule has 0 spiro atoms. The van der Waals surface area contributed by atoms with E-state index in [1.54, 1.807) is 25.1 Å². The smallest absolute Gasteiger partial charge is 0.340 e. The van der Waals surface area contributed by atoms with Crippen LogP contribution in [-0.4, -0.2) is 18.5 Å². The molecule has 132 valence electrons. The molecule has 0 saturated carbocycles. The van der Waals surface area contributed by atoms with Crippen molar-refractivity contribution >= 4 is 40.8 Å². The summed E-state index contributed by atoms with van der Waals surface area (Å²) in [5.74, 6) is -1.88. The Hall–Kier alpha value is -2.31. The minimum Gasteiger partial charge on any atom is -0.452 e. The third kappa shape index (κ3) is 5.08. The Bertz CT molecular complexity index is 814. The first kappa shape index (κ1) is 19.0. The number of nitrogens with one attached hydrogen (secondary N) is 1. The molecule has 0 aliphatic rings. The number of carbonyl (C=O) groups excluding carboxylic acids is 2. The Morgan fingerprint density at radius 3 is 2.56 bits per heavy atom. The molecule has 0 saturated heterocycles. The van der Waals surface area contributed by atoms with E-state index < -0.39 is 24.3 Å². The number of esters is 1. The van der Waals surface area contributed by atoms with Gasteiger partial charge < -0.3 is 15.8 Å². The zero-order chi connectivity index (χ0) is 18.6. The van der Waals surface area contributed by atoms with Crippen LogP contribution in [0.25, 0.3) is 0 Å². The maximum atomic E-state index is 13.0. The first-order valence-corrected chi connectivity index (χ1v) is 8.00. The number of halogens is 3. The number of anilines is 1. The van der Waals surface area contributed by atoms with Crippen molar-refractivity contribution in [2.24, 2.45) is 0 Å². The van der Waals surface area contributed by atoms with Crippen LogP contribution in [-0.2, 0) is 9.53 Å². The predicted octanol–water partition coefficient (Wildman–Crippen LogP) is 3.75. The number of rotatable bonds is 5. The second-order valence-electron chi connectivity index (χ2n) is 5.27. The largest absolute Gasteiger partial charge is 0.452 e. The van der Waals surface area contributed by atoms with Crippen LogP contribution in [0.1, 0.15) is 28.9 Å². The van der Waals surface area contributed by atoms with Crippen LogP contribution in [0.4, 0.5) is 10.1 Å². The van der Waals surface area contributed by atoms with Crippen LogP contribution in [0.3, 0.4) is 0 Å². The van der Waals surface area contributed by atoms with Gasteiger partial charge in [-0.25, -0.2) is 9.18 Å². The van der Waals surface area contributed by atoms with Crippen LogP contribution < -0.4 is 11.1 Å². The number of hydrogen-bond donors (Lipinski definition) is 2. The minimum absolute atomic E-state index is 0.00766. The molecule has 8 heteroatoms. The minimum atomic E-state index is -0.810. The van der Waals surface area contributed by atoms with Gasteiger partial charge in [-0.1, -0.05) is 29.3 Å². The van der Waals surface area contributed by atoms with Gasteiger partial charge in [0.15, 0.2) is 6.61 Å². The lowest BCUT2D eigenvalue weighted by Gasteiger charge is -2.15. The van der Waals surface area contributed by atoms with Gasteiger partial charge in [-0.3, -0.25) is 4.79 Å². The summed E-state index contributed by atoms with van der Waals surface area (Å²) < 4.78 is 17.9. The molecule has 0 heterocycles. The molecule has 2 aromatic rings. The van der Waals surface area contributed by atoms with Crippen LogP contribution >= 0.6 is 23.2 Å². The van der Waals surface area contributed by atoms with Crippen molar-refractivity contribution < 1.29 is 18.7 Å². The topological polar surface area (TPSA) is 81.4 Å². The Morgan fingerprint density at radius 1 is 1.20 bits per heavy atom. The van der Waals surface area contributed by atoms with Gasteiger partial charge in [0.05, 0.1) is 21.7 Å². The van der Waals surface area contributed by atoms with E-state index in [2.05, 4.69) is 5.32 Å². The van der Waals surface area contributed by atoms with Gasteiger partial charge in [0, 0.05) is 5.69 Å². The van der Waals surface area contributed by atoms with E-state index in [9.17, 15) is 14.0 Å². The molecule has 0 aliphatic heterocycles. The van der Waals surface area contributed by atoms with E-state index in [0.29, 0.717) is 10.0 Å². The molecule has 5 nitrogen and oxygen atoms in total. The summed E-state index contributed by atoms with van der Waals surface area (Å²) in [5.41, 5.74) is 6.23. The molecule has 1 amide bonds. The second kappa shape index (κ2) is 8.18. The number of nitrogens with two attached hydrogens (primary N) is 1. The average molecular weight is 385 g/mol. The van der Waals surface area contributed by atoms with Crippen molar-refractivity contribution in [3.05, 3.63) is 63.4 Å². The maximum absolute atomic E-state index is 13.0. The summed E-state index contributed by atoms with van der Waals surface area (Å²) in [4.78, 5) is 23.8. The van der Waals surface area contributed by atoms with Gasteiger partial charge in [-0.15, -0.1) is 0 Å². The fourth-order valence-corrected chi connectivity index (χ4v) is 2.38. The molecule has 25 heavy (non-hydrogen) atoms. The van der Waals surface area contributed by atoms with Crippen LogP contribution in [0.2, 0.25) is 10.0 Å². The Kier molecular flexibility index (Phi) is 6.22. The summed E-state index contributed by atoms with van der Waals surface area (Å²) in [5, 5.41) is 3.45. The fourth-order valence-electron chi connectivity index (χ4n) is 2.08. The fraction of sp³-hybridized carbons (Fsp3) is 0.176. The van der Waals surface area contributed by atoms with Gasteiger partial charge >= 0.3 is 5.97 Å². The van der Waals surface area contributed by atoms with Gasteiger partial charge in [0.25, 0.3) is 5.91 Å². The zero-order valence-corrected chi connectivity index (χ0v) is 14.7. The lowest BCUT2D eigenvalue weighted by Crippen LogP contribution is -2.31. The molecule has 1 atom stereocenters. The van der Waals surface area contributed by atoms with Crippen molar-refractivity contribution in [1.29, 1.82) is 0 Å². The van der Waals surface area contributed by atoms with Gasteiger partial charge in [0.2, 0.25) is 0 Å². The Labute approximate surface area is 153 Å². The van der Waals surface area contributed by atoms with E-state index in [0.717, 1.165) is 17.7 Å². The van der Waals surface area contributed by atoms with Crippen molar-refractivity contribution in [2.45, 2.75) is 13.0 Å². The van der Waals surface area contributed by atoms with Crippen LogP contribution in [0.5, 0.6) is 0 Å². The average Bonchev–Trinajstić information content (AvgIpc) is 2.55. The molecule has 0 aliphatic carbocycles. The number of carbonyl (C=O) groups is 2. The zero-order valence-electron chi connectivity index (χ0n) is 13.2. The summed E-state index contributed by atoms with van der Waals surface area (Å²) in [6, 6.07) is 7.91. The first-order valence-electron chi connectivity index (χ1n) is 7.24. The van der Waals surface area contributed by atoms with Gasteiger partial charge in [-0.2, -0.15) is 0 Å². The van der Waals surface area contributed by atoms with E-state index in [-0.39, 0.29) is 17.3 Å². The number of amides is 1. The van der Waals surface area contributed by atoms with E-state index in [1.807, 2.05) is 0 Å². The van der Waals surface area contributed by atoms with Gasteiger partial charge in [-0.05, 0) is 42.8 Å².